The molecule has 122 valence electrons. The first kappa shape index (κ1) is 16.2. The molecule has 0 atom stereocenters. The number of anilines is 1. The third kappa shape index (κ3) is 4.01. The van der Waals surface area contributed by atoms with Crippen LogP contribution < -0.4 is 10.6 Å². The van der Waals surface area contributed by atoms with Crippen molar-refractivity contribution >= 4 is 39.9 Å². The molecule has 3 aromatic rings. The molecule has 2 heterocycles. The molecule has 0 saturated carbocycles. The van der Waals surface area contributed by atoms with Gasteiger partial charge < -0.3 is 9.73 Å². The Morgan fingerprint density at radius 1 is 1.17 bits per heavy atom. The molecule has 0 saturated heterocycles. The van der Waals surface area contributed by atoms with Crippen LogP contribution in [0, 0.1) is 0 Å². The number of carbonyl (C=O) groups is 2. The van der Waals surface area contributed by atoms with Crippen molar-refractivity contribution in [1.82, 2.24) is 10.3 Å². The Labute approximate surface area is 146 Å². The third-order valence-electron chi connectivity index (χ3n) is 3.07. The molecule has 0 unspecified atom stereocenters. The molecule has 1 aromatic carbocycles. The second kappa shape index (κ2) is 7.29. The van der Waals surface area contributed by atoms with Gasteiger partial charge in [0.05, 0.1) is 18.5 Å². The standard InChI is InChI=1S/C16H12ClN3O3S/c17-11-5-3-10(4-6-11)13-9-24-16(19-13)20-15(22)14(21)18-8-12-2-1-7-23-12/h1-7,9H,8H2,(H,18,21)(H,19,20,22). The number of halogens is 1. The number of thiazole rings is 1. The summed E-state index contributed by atoms with van der Waals surface area (Å²) in [5.41, 5.74) is 1.57. The Morgan fingerprint density at radius 3 is 2.67 bits per heavy atom. The van der Waals surface area contributed by atoms with Gasteiger partial charge in [-0.15, -0.1) is 11.3 Å². The molecule has 6 nitrogen and oxygen atoms in total. The number of nitrogens with zero attached hydrogens (tertiary/aromatic N) is 1. The summed E-state index contributed by atoms with van der Waals surface area (Å²) < 4.78 is 5.08. The minimum Gasteiger partial charge on any atom is -0.467 e. The summed E-state index contributed by atoms with van der Waals surface area (Å²) in [4.78, 5) is 27.9. The summed E-state index contributed by atoms with van der Waals surface area (Å²) in [6, 6.07) is 10.6. The molecule has 3 rings (SSSR count). The highest BCUT2D eigenvalue weighted by Gasteiger charge is 2.16. The van der Waals surface area contributed by atoms with Gasteiger partial charge in [-0.2, -0.15) is 0 Å². The molecule has 0 bridgehead atoms. The minimum atomic E-state index is -0.779. The Hall–Kier alpha value is -2.64. The van der Waals surface area contributed by atoms with E-state index in [0.29, 0.717) is 21.6 Å². The van der Waals surface area contributed by atoms with Crippen LogP contribution in [0.2, 0.25) is 5.02 Å². The number of nitrogens with one attached hydrogen (secondary N) is 2. The average Bonchev–Trinajstić information content (AvgIpc) is 3.25. The van der Waals surface area contributed by atoms with E-state index in [9.17, 15) is 9.59 Å². The lowest BCUT2D eigenvalue weighted by Gasteiger charge is -2.02. The van der Waals surface area contributed by atoms with E-state index in [1.165, 1.54) is 17.6 Å². The van der Waals surface area contributed by atoms with E-state index in [1.54, 1.807) is 29.6 Å². The maximum absolute atomic E-state index is 11.9. The fourth-order valence-corrected chi connectivity index (χ4v) is 2.74. The predicted octanol–water partition coefficient (Wildman–Crippen LogP) is 3.31. The molecule has 0 aliphatic carbocycles. The molecule has 0 spiro atoms. The van der Waals surface area contributed by atoms with Gasteiger partial charge in [-0.3, -0.25) is 14.9 Å². The third-order valence-corrected chi connectivity index (χ3v) is 4.08. The lowest BCUT2D eigenvalue weighted by molar-refractivity contribution is -0.136. The normalized spacial score (nSPS) is 10.4. The Kier molecular flexibility index (Phi) is 4.93. The molecular formula is C16H12ClN3O3S. The highest BCUT2D eigenvalue weighted by atomic mass is 35.5. The van der Waals surface area contributed by atoms with Gasteiger partial charge in [0.25, 0.3) is 0 Å². The van der Waals surface area contributed by atoms with Crippen LogP contribution in [-0.2, 0) is 16.1 Å². The van der Waals surface area contributed by atoms with Crippen molar-refractivity contribution in [1.29, 1.82) is 0 Å². The monoisotopic (exact) mass is 361 g/mol. The van der Waals surface area contributed by atoms with Gasteiger partial charge >= 0.3 is 11.8 Å². The van der Waals surface area contributed by atoms with Crippen LogP contribution in [0.15, 0.2) is 52.5 Å². The molecular weight excluding hydrogens is 350 g/mol. The van der Waals surface area contributed by atoms with Crippen molar-refractivity contribution in [3.63, 3.8) is 0 Å². The lowest BCUT2D eigenvalue weighted by Crippen LogP contribution is -2.34. The molecule has 0 fully saturated rings. The van der Waals surface area contributed by atoms with Crippen LogP contribution in [0.3, 0.4) is 0 Å². The summed E-state index contributed by atoms with van der Waals surface area (Å²) in [6.07, 6.45) is 1.50. The molecule has 24 heavy (non-hydrogen) atoms. The minimum absolute atomic E-state index is 0.146. The van der Waals surface area contributed by atoms with E-state index in [4.69, 9.17) is 16.0 Å². The Bertz CT molecular complexity index is 844. The van der Waals surface area contributed by atoms with Gasteiger partial charge in [-0.25, -0.2) is 4.98 Å². The topological polar surface area (TPSA) is 84.2 Å². The Balaban J connectivity index is 1.58. The maximum atomic E-state index is 11.9. The fourth-order valence-electron chi connectivity index (χ4n) is 1.90. The highest BCUT2D eigenvalue weighted by molar-refractivity contribution is 7.14. The van der Waals surface area contributed by atoms with Gasteiger partial charge in [0.1, 0.15) is 5.76 Å². The SMILES string of the molecule is O=C(NCc1ccco1)C(=O)Nc1nc(-c2ccc(Cl)cc2)cs1. The van der Waals surface area contributed by atoms with Gasteiger partial charge in [0.15, 0.2) is 5.13 Å². The lowest BCUT2D eigenvalue weighted by atomic mass is 10.2. The van der Waals surface area contributed by atoms with Crippen molar-refractivity contribution in [2.45, 2.75) is 6.54 Å². The molecule has 2 amide bonds. The smallest absolute Gasteiger partial charge is 0.315 e. The van der Waals surface area contributed by atoms with Gasteiger partial charge in [0, 0.05) is 16.0 Å². The number of amides is 2. The van der Waals surface area contributed by atoms with E-state index >= 15 is 0 Å². The van der Waals surface area contributed by atoms with Crippen LogP contribution in [0.5, 0.6) is 0 Å². The van der Waals surface area contributed by atoms with Gasteiger partial charge in [-0.1, -0.05) is 23.7 Å². The van der Waals surface area contributed by atoms with Crippen molar-refractivity contribution in [3.05, 3.63) is 58.8 Å². The van der Waals surface area contributed by atoms with Gasteiger partial charge in [0.2, 0.25) is 0 Å². The molecule has 0 aliphatic heterocycles. The first-order valence-corrected chi connectivity index (χ1v) is 8.20. The quantitative estimate of drug-likeness (QED) is 0.698. The molecule has 2 aromatic heterocycles. The van der Waals surface area contributed by atoms with E-state index in [-0.39, 0.29) is 6.54 Å². The highest BCUT2D eigenvalue weighted by Crippen LogP contribution is 2.25. The largest absolute Gasteiger partial charge is 0.467 e. The number of rotatable bonds is 4. The van der Waals surface area contributed by atoms with Crippen LogP contribution in [-0.4, -0.2) is 16.8 Å². The zero-order valence-corrected chi connectivity index (χ0v) is 13.9. The van der Waals surface area contributed by atoms with Crippen molar-refractivity contribution in [3.8, 4) is 11.3 Å². The molecule has 0 radical (unpaired) electrons. The Morgan fingerprint density at radius 2 is 1.96 bits per heavy atom. The average molecular weight is 362 g/mol. The van der Waals surface area contributed by atoms with Crippen molar-refractivity contribution < 1.29 is 14.0 Å². The number of carbonyl (C=O) groups excluding carboxylic acids is 2. The summed E-state index contributed by atoms with van der Waals surface area (Å²) >= 11 is 7.08. The van der Waals surface area contributed by atoms with Crippen LogP contribution in [0.25, 0.3) is 11.3 Å². The number of benzene rings is 1. The van der Waals surface area contributed by atoms with E-state index < -0.39 is 11.8 Å². The van der Waals surface area contributed by atoms with Crippen LogP contribution in [0.1, 0.15) is 5.76 Å². The zero-order chi connectivity index (χ0) is 16.9. The second-order valence-corrected chi connectivity index (χ2v) is 6.06. The fraction of sp³-hybridized carbons (Fsp3) is 0.0625. The predicted molar refractivity (Wildman–Crippen MR) is 91.7 cm³/mol. The second-order valence-electron chi connectivity index (χ2n) is 4.76. The van der Waals surface area contributed by atoms with Crippen LogP contribution in [0.4, 0.5) is 5.13 Å². The summed E-state index contributed by atoms with van der Waals surface area (Å²) in [5.74, 6) is -0.969. The molecule has 0 aliphatic rings. The molecule has 2 N–H and O–H groups in total. The number of furan rings is 1. The number of hydrogen-bond acceptors (Lipinski definition) is 5. The van der Waals surface area contributed by atoms with Crippen molar-refractivity contribution in [2.24, 2.45) is 0 Å². The summed E-state index contributed by atoms with van der Waals surface area (Å²) in [5, 5.41) is 7.71. The van der Waals surface area contributed by atoms with E-state index in [0.717, 1.165) is 5.56 Å². The van der Waals surface area contributed by atoms with Crippen LogP contribution >= 0.6 is 22.9 Å². The van der Waals surface area contributed by atoms with E-state index in [1.807, 2.05) is 12.1 Å². The first-order chi connectivity index (χ1) is 11.6. The summed E-state index contributed by atoms with van der Waals surface area (Å²) in [6.45, 7) is 0.146. The maximum Gasteiger partial charge on any atom is 0.315 e. The summed E-state index contributed by atoms with van der Waals surface area (Å²) in [7, 11) is 0. The van der Waals surface area contributed by atoms with Crippen molar-refractivity contribution in [2.75, 3.05) is 5.32 Å². The number of aromatic nitrogens is 1. The zero-order valence-electron chi connectivity index (χ0n) is 12.3. The van der Waals surface area contributed by atoms with E-state index in [2.05, 4.69) is 15.6 Å². The molecule has 8 heteroatoms. The van der Waals surface area contributed by atoms with Gasteiger partial charge in [-0.05, 0) is 24.3 Å². The number of hydrogen-bond donors (Lipinski definition) is 2. The first-order valence-electron chi connectivity index (χ1n) is 6.95.